The Morgan fingerprint density at radius 2 is 1.72 bits per heavy atom. The van der Waals surface area contributed by atoms with Gasteiger partial charge in [0.25, 0.3) is 0 Å². The fraction of sp³-hybridized carbons (Fsp3) is 0.692. The average Bonchev–Trinajstić information content (AvgIpc) is 1.92. The van der Waals surface area contributed by atoms with Crippen LogP contribution in [0.4, 0.5) is 4.79 Å². The van der Waals surface area contributed by atoms with Gasteiger partial charge in [-0.2, -0.15) is 0 Å². The molecule has 2 N–H and O–H groups in total. The molecule has 0 aliphatic heterocycles. The molecular formula is C13H23NO4. The van der Waals surface area contributed by atoms with E-state index in [1.165, 1.54) is 0 Å². The van der Waals surface area contributed by atoms with Gasteiger partial charge in [0.1, 0.15) is 5.60 Å². The number of carbonyl (C=O) groups excluding carboxylic acids is 1. The molecular weight excluding hydrogens is 234 g/mol. The summed E-state index contributed by atoms with van der Waals surface area (Å²) in [6, 6.07) is 0. The first-order valence-electron chi connectivity index (χ1n) is 5.82. The molecule has 0 aromatic rings. The van der Waals surface area contributed by atoms with Crippen molar-refractivity contribution in [1.82, 2.24) is 5.32 Å². The summed E-state index contributed by atoms with van der Waals surface area (Å²) in [5.74, 6) is -0.986. The summed E-state index contributed by atoms with van der Waals surface area (Å²) in [7, 11) is 0. The number of aliphatic carboxylic acids is 1. The minimum atomic E-state index is -0.986. The van der Waals surface area contributed by atoms with Crippen molar-refractivity contribution in [1.29, 1.82) is 0 Å². The van der Waals surface area contributed by atoms with Crippen LogP contribution in [0.25, 0.3) is 0 Å². The van der Waals surface area contributed by atoms with E-state index in [0.717, 1.165) is 6.08 Å². The summed E-state index contributed by atoms with van der Waals surface area (Å²) >= 11 is 0. The van der Waals surface area contributed by atoms with Gasteiger partial charge in [-0.3, -0.25) is 0 Å². The van der Waals surface area contributed by atoms with Crippen molar-refractivity contribution >= 4 is 12.1 Å². The lowest BCUT2D eigenvalue weighted by atomic mass is 9.95. The number of nitrogens with one attached hydrogen (secondary N) is 1. The lowest BCUT2D eigenvalue weighted by molar-refractivity contribution is -0.131. The third kappa shape index (κ3) is 8.61. The monoisotopic (exact) mass is 257 g/mol. The molecule has 5 heteroatoms. The van der Waals surface area contributed by atoms with Crippen molar-refractivity contribution in [2.24, 2.45) is 0 Å². The lowest BCUT2D eigenvalue weighted by Crippen LogP contribution is -2.45. The molecule has 104 valence electrons. The maximum Gasteiger partial charge on any atom is 0.408 e. The maximum absolute atomic E-state index is 11.6. The number of carboxylic acid groups (broad SMARTS) is 1. The van der Waals surface area contributed by atoms with Crippen LogP contribution >= 0.6 is 0 Å². The van der Waals surface area contributed by atoms with Crippen molar-refractivity contribution < 1.29 is 19.4 Å². The predicted molar refractivity (Wildman–Crippen MR) is 69.5 cm³/mol. The van der Waals surface area contributed by atoms with Crippen LogP contribution in [0.2, 0.25) is 0 Å². The van der Waals surface area contributed by atoms with Gasteiger partial charge in [0, 0.05) is 11.6 Å². The third-order valence-corrected chi connectivity index (χ3v) is 1.93. The zero-order valence-corrected chi connectivity index (χ0v) is 12.0. The second kappa shape index (κ2) is 5.89. The van der Waals surface area contributed by atoms with E-state index >= 15 is 0 Å². The second-order valence-electron chi connectivity index (χ2n) is 6.02. The van der Waals surface area contributed by atoms with Crippen LogP contribution in [0.1, 0.15) is 48.0 Å². The Hall–Kier alpha value is -1.52. The van der Waals surface area contributed by atoms with Crippen LogP contribution < -0.4 is 5.32 Å². The van der Waals surface area contributed by atoms with Gasteiger partial charge in [-0.1, -0.05) is 5.57 Å². The zero-order chi connectivity index (χ0) is 14.6. The molecule has 0 aromatic carbocycles. The highest BCUT2D eigenvalue weighted by molar-refractivity contribution is 5.80. The van der Waals surface area contributed by atoms with E-state index in [-0.39, 0.29) is 0 Å². The lowest BCUT2D eigenvalue weighted by Gasteiger charge is -2.28. The molecule has 0 radical (unpaired) electrons. The predicted octanol–water partition coefficient (Wildman–Crippen LogP) is 2.71. The summed E-state index contributed by atoms with van der Waals surface area (Å²) in [5, 5.41) is 11.3. The van der Waals surface area contributed by atoms with Crippen LogP contribution in [0, 0.1) is 0 Å². The van der Waals surface area contributed by atoms with E-state index in [4.69, 9.17) is 9.84 Å². The first kappa shape index (κ1) is 16.5. The maximum atomic E-state index is 11.6. The molecule has 0 bridgehead atoms. The van der Waals surface area contributed by atoms with Gasteiger partial charge in [0.15, 0.2) is 0 Å². The standard InChI is InChI=1S/C13H23NO4/c1-9(7-10(15)16)8-13(5,6)14-11(17)18-12(2,3)4/h7H,8H2,1-6H3,(H,14,17)(H,15,16). The van der Waals surface area contributed by atoms with Gasteiger partial charge in [-0.25, -0.2) is 9.59 Å². The number of amides is 1. The van der Waals surface area contributed by atoms with Crippen molar-refractivity contribution in [3.63, 3.8) is 0 Å². The summed E-state index contributed by atoms with van der Waals surface area (Å²) in [6.45, 7) is 10.7. The second-order valence-corrected chi connectivity index (χ2v) is 6.02. The summed E-state index contributed by atoms with van der Waals surface area (Å²) in [6.07, 6.45) is 1.08. The number of hydrogen-bond acceptors (Lipinski definition) is 3. The van der Waals surface area contributed by atoms with E-state index < -0.39 is 23.2 Å². The van der Waals surface area contributed by atoms with Crippen LogP contribution in [-0.2, 0) is 9.53 Å². The molecule has 0 saturated heterocycles. The molecule has 0 saturated carbocycles. The Balaban J connectivity index is 4.48. The third-order valence-electron chi connectivity index (χ3n) is 1.93. The van der Waals surface area contributed by atoms with Crippen LogP contribution in [0.5, 0.6) is 0 Å². The number of carbonyl (C=O) groups is 2. The largest absolute Gasteiger partial charge is 0.478 e. The molecule has 0 aliphatic rings. The highest BCUT2D eigenvalue weighted by Gasteiger charge is 2.24. The highest BCUT2D eigenvalue weighted by Crippen LogP contribution is 2.16. The Morgan fingerprint density at radius 1 is 1.22 bits per heavy atom. The molecule has 0 spiro atoms. The molecule has 1 amide bonds. The van der Waals surface area contributed by atoms with Gasteiger partial charge < -0.3 is 15.2 Å². The SMILES string of the molecule is CC(=CC(=O)O)CC(C)(C)NC(=O)OC(C)(C)C. The van der Waals surface area contributed by atoms with E-state index in [2.05, 4.69) is 5.32 Å². The van der Waals surface area contributed by atoms with Gasteiger partial charge in [0.05, 0.1) is 0 Å². The number of hydrogen-bond donors (Lipinski definition) is 2. The molecule has 0 rings (SSSR count). The van der Waals surface area contributed by atoms with E-state index in [1.807, 2.05) is 13.8 Å². The quantitative estimate of drug-likeness (QED) is 0.759. The Kier molecular flexibility index (Phi) is 5.39. The summed E-state index contributed by atoms with van der Waals surface area (Å²) in [5.41, 5.74) is -0.423. The molecule has 0 heterocycles. The fourth-order valence-corrected chi connectivity index (χ4v) is 1.58. The van der Waals surface area contributed by atoms with E-state index in [9.17, 15) is 9.59 Å². The van der Waals surface area contributed by atoms with Gasteiger partial charge >= 0.3 is 12.1 Å². The topological polar surface area (TPSA) is 75.6 Å². The van der Waals surface area contributed by atoms with E-state index in [0.29, 0.717) is 12.0 Å². The Bertz CT molecular complexity index is 350. The zero-order valence-electron chi connectivity index (χ0n) is 12.0. The number of alkyl carbamates (subject to hydrolysis) is 1. The first-order valence-corrected chi connectivity index (χ1v) is 5.82. The van der Waals surface area contributed by atoms with Crippen molar-refractivity contribution in [3.05, 3.63) is 11.6 Å². The minimum absolute atomic E-state index is 0.443. The number of rotatable bonds is 4. The molecule has 18 heavy (non-hydrogen) atoms. The minimum Gasteiger partial charge on any atom is -0.478 e. The summed E-state index contributed by atoms with van der Waals surface area (Å²) in [4.78, 5) is 22.1. The van der Waals surface area contributed by atoms with Gasteiger partial charge in [-0.15, -0.1) is 0 Å². The fourth-order valence-electron chi connectivity index (χ4n) is 1.58. The van der Waals surface area contributed by atoms with Crippen LogP contribution in [0.3, 0.4) is 0 Å². The average molecular weight is 257 g/mol. The number of ether oxygens (including phenoxy) is 1. The van der Waals surface area contributed by atoms with Crippen molar-refractivity contribution in [2.75, 3.05) is 0 Å². The molecule has 0 aliphatic carbocycles. The van der Waals surface area contributed by atoms with Gasteiger partial charge in [-0.05, 0) is 48.0 Å². The van der Waals surface area contributed by atoms with Crippen LogP contribution in [0.15, 0.2) is 11.6 Å². The van der Waals surface area contributed by atoms with E-state index in [1.54, 1.807) is 27.7 Å². The number of carboxylic acids is 1. The molecule has 5 nitrogen and oxygen atoms in total. The molecule has 0 fully saturated rings. The smallest absolute Gasteiger partial charge is 0.408 e. The van der Waals surface area contributed by atoms with Crippen LogP contribution in [-0.4, -0.2) is 28.3 Å². The highest BCUT2D eigenvalue weighted by atomic mass is 16.6. The first-order chi connectivity index (χ1) is 7.91. The van der Waals surface area contributed by atoms with Crippen molar-refractivity contribution in [3.8, 4) is 0 Å². The molecule has 0 aromatic heterocycles. The normalized spacial score (nSPS) is 13.1. The Morgan fingerprint density at radius 3 is 2.11 bits per heavy atom. The summed E-state index contributed by atoms with van der Waals surface area (Å²) < 4.78 is 5.15. The Labute approximate surface area is 108 Å². The molecule has 0 atom stereocenters. The molecule has 0 unspecified atom stereocenters. The van der Waals surface area contributed by atoms with Crippen molar-refractivity contribution in [2.45, 2.75) is 59.1 Å². The van der Waals surface area contributed by atoms with Gasteiger partial charge in [0.2, 0.25) is 0 Å².